The van der Waals surface area contributed by atoms with Gasteiger partial charge in [-0.3, -0.25) is 4.57 Å². The van der Waals surface area contributed by atoms with E-state index in [0.717, 1.165) is 71.7 Å². The summed E-state index contributed by atoms with van der Waals surface area (Å²) in [4.78, 5) is 25.8. The highest BCUT2D eigenvalue weighted by atomic mass is 16.3. The van der Waals surface area contributed by atoms with Crippen molar-refractivity contribution in [2.24, 2.45) is 0 Å². The van der Waals surface area contributed by atoms with Crippen molar-refractivity contribution < 1.29 is 4.42 Å². The second kappa shape index (κ2) is 13.0. The first-order valence-corrected chi connectivity index (χ1v) is 18.5. The smallest absolute Gasteiger partial charge is 0.238 e. The molecule has 0 atom stereocenters. The summed E-state index contributed by atoms with van der Waals surface area (Å²) in [5.74, 6) is 2.25. The topological polar surface area (TPSA) is 82.5 Å². The maximum absolute atomic E-state index is 6.69. The Morgan fingerprint density at radius 3 is 1.50 bits per heavy atom. The van der Waals surface area contributed by atoms with Crippen molar-refractivity contribution in [3.8, 4) is 62.5 Å². The first-order valence-electron chi connectivity index (χ1n) is 18.5. The van der Waals surface area contributed by atoms with E-state index in [2.05, 4.69) is 95.6 Å². The Balaban J connectivity index is 1.22. The number of hydrogen-bond acceptors (Lipinski definition) is 6. The van der Waals surface area contributed by atoms with Crippen molar-refractivity contribution in [2.75, 3.05) is 0 Å². The van der Waals surface area contributed by atoms with E-state index in [4.69, 9.17) is 29.3 Å². The number of nitrogens with zero attached hydrogens (tertiary/aromatic N) is 6. The van der Waals surface area contributed by atoms with Crippen LogP contribution in [0.3, 0.4) is 0 Å². The van der Waals surface area contributed by atoms with E-state index >= 15 is 0 Å². The lowest BCUT2D eigenvalue weighted by molar-refractivity contribution is 0.654. The molecule has 0 aliphatic rings. The molecular weight excluding hydrogens is 689 g/mol. The van der Waals surface area contributed by atoms with Crippen LogP contribution in [0, 0.1) is 0 Å². The standard InChI is InChI=1S/C49H30N6O/c1-5-15-31(16-6-1)32-25-27-36(28-26-32)47-51-46(35-21-11-4-12-22-35)53-49(54-47)55-39-24-14-13-23-37(39)38-29-30-40-41(44(38)55)42-43(33-17-7-2-8-18-33)50-45(52-48(42)56-40)34-19-9-3-10-20-34/h1-30H. The maximum atomic E-state index is 6.69. The summed E-state index contributed by atoms with van der Waals surface area (Å²) in [5, 5.41) is 3.83. The fourth-order valence-corrected chi connectivity index (χ4v) is 7.69. The number of para-hydroxylation sites is 1. The van der Waals surface area contributed by atoms with Crippen LogP contribution < -0.4 is 0 Å². The average molecular weight is 719 g/mol. The van der Waals surface area contributed by atoms with Crippen molar-refractivity contribution >= 4 is 43.9 Å². The molecule has 11 rings (SSSR count). The van der Waals surface area contributed by atoms with Gasteiger partial charge in [0.05, 0.1) is 27.5 Å². The van der Waals surface area contributed by atoms with Gasteiger partial charge in [0.2, 0.25) is 11.7 Å². The van der Waals surface area contributed by atoms with Crippen LogP contribution in [-0.2, 0) is 0 Å². The first kappa shape index (κ1) is 31.7. The minimum atomic E-state index is 0.497. The molecule has 7 aromatic carbocycles. The molecule has 11 aromatic rings. The Morgan fingerprint density at radius 2 is 0.857 bits per heavy atom. The lowest BCUT2D eigenvalue weighted by Crippen LogP contribution is -2.06. The molecule has 4 heterocycles. The third-order valence-electron chi connectivity index (χ3n) is 10.3. The molecule has 0 unspecified atom stereocenters. The molecule has 4 aromatic heterocycles. The van der Waals surface area contributed by atoms with Crippen molar-refractivity contribution in [1.82, 2.24) is 29.5 Å². The van der Waals surface area contributed by atoms with Crippen molar-refractivity contribution in [1.29, 1.82) is 0 Å². The second-order valence-corrected chi connectivity index (χ2v) is 13.7. The van der Waals surface area contributed by atoms with Gasteiger partial charge in [-0.2, -0.15) is 15.0 Å². The quantitative estimate of drug-likeness (QED) is 0.170. The van der Waals surface area contributed by atoms with Gasteiger partial charge in [-0.25, -0.2) is 9.97 Å². The predicted molar refractivity (Wildman–Crippen MR) is 224 cm³/mol. The van der Waals surface area contributed by atoms with Gasteiger partial charge in [-0.05, 0) is 29.3 Å². The summed E-state index contributed by atoms with van der Waals surface area (Å²) in [5.41, 5.74) is 9.80. The van der Waals surface area contributed by atoms with Gasteiger partial charge in [0.25, 0.3) is 0 Å². The summed E-state index contributed by atoms with van der Waals surface area (Å²) in [6.07, 6.45) is 0. The molecule has 0 aliphatic heterocycles. The lowest BCUT2D eigenvalue weighted by atomic mass is 10.0. The molecule has 0 bridgehead atoms. The molecule has 0 saturated heterocycles. The van der Waals surface area contributed by atoms with Gasteiger partial charge in [-0.15, -0.1) is 0 Å². The van der Waals surface area contributed by atoms with Gasteiger partial charge < -0.3 is 4.42 Å². The molecule has 0 aliphatic carbocycles. The van der Waals surface area contributed by atoms with E-state index in [1.54, 1.807) is 0 Å². The maximum Gasteiger partial charge on any atom is 0.238 e. The Bertz CT molecular complexity index is 3210. The van der Waals surface area contributed by atoms with Crippen molar-refractivity contribution in [3.63, 3.8) is 0 Å². The average Bonchev–Trinajstić information content (AvgIpc) is 3.83. The highest BCUT2D eigenvalue weighted by Crippen LogP contribution is 2.43. The zero-order chi connectivity index (χ0) is 37.0. The fraction of sp³-hybridized carbons (Fsp3) is 0. The SMILES string of the molecule is c1ccc(-c2ccc(-c3nc(-c4ccccc4)nc(-n4c5ccccc5c5ccc6oc7nc(-c8ccccc8)nc(-c8ccccc8)c7c6c54)n3)cc2)cc1. The largest absolute Gasteiger partial charge is 0.437 e. The molecule has 0 radical (unpaired) electrons. The Kier molecular flexibility index (Phi) is 7.35. The molecule has 0 N–H and O–H groups in total. The number of benzene rings is 7. The summed E-state index contributed by atoms with van der Waals surface area (Å²) >= 11 is 0. The number of rotatable bonds is 6. The molecule has 7 nitrogen and oxygen atoms in total. The minimum absolute atomic E-state index is 0.497. The molecular formula is C49H30N6O. The van der Waals surface area contributed by atoms with Crippen LogP contribution in [0.2, 0.25) is 0 Å². The molecule has 56 heavy (non-hydrogen) atoms. The summed E-state index contributed by atoms with van der Waals surface area (Å²) in [6, 6.07) is 61.6. The first-order chi connectivity index (χ1) is 27.8. The van der Waals surface area contributed by atoms with Crippen LogP contribution in [0.15, 0.2) is 186 Å². The zero-order valence-electron chi connectivity index (χ0n) is 29.9. The highest BCUT2D eigenvalue weighted by Gasteiger charge is 2.25. The molecule has 0 saturated carbocycles. The Morgan fingerprint density at radius 1 is 0.357 bits per heavy atom. The van der Waals surface area contributed by atoms with Crippen LogP contribution in [0.25, 0.3) is 106 Å². The normalized spacial score (nSPS) is 11.6. The van der Waals surface area contributed by atoms with E-state index in [-0.39, 0.29) is 0 Å². The molecule has 0 amide bonds. The second-order valence-electron chi connectivity index (χ2n) is 13.7. The lowest BCUT2D eigenvalue weighted by Gasteiger charge is -2.12. The summed E-state index contributed by atoms with van der Waals surface area (Å²) in [6.45, 7) is 0. The fourth-order valence-electron chi connectivity index (χ4n) is 7.69. The van der Waals surface area contributed by atoms with E-state index < -0.39 is 0 Å². The molecule has 262 valence electrons. The predicted octanol–water partition coefficient (Wildman–Crippen LogP) is 12.0. The van der Waals surface area contributed by atoms with Crippen LogP contribution >= 0.6 is 0 Å². The van der Waals surface area contributed by atoms with Gasteiger partial charge in [0.1, 0.15) is 5.58 Å². The monoisotopic (exact) mass is 718 g/mol. The zero-order valence-corrected chi connectivity index (χ0v) is 29.9. The van der Waals surface area contributed by atoms with E-state index in [0.29, 0.717) is 34.7 Å². The summed E-state index contributed by atoms with van der Waals surface area (Å²) < 4.78 is 8.84. The number of hydrogen-bond donors (Lipinski definition) is 0. The van der Waals surface area contributed by atoms with E-state index in [9.17, 15) is 0 Å². The molecule has 0 spiro atoms. The van der Waals surface area contributed by atoms with E-state index in [1.807, 2.05) is 91.0 Å². The minimum Gasteiger partial charge on any atom is -0.437 e. The highest BCUT2D eigenvalue weighted by molar-refractivity contribution is 6.26. The van der Waals surface area contributed by atoms with Crippen LogP contribution in [-0.4, -0.2) is 29.5 Å². The van der Waals surface area contributed by atoms with Gasteiger partial charge >= 0.3 is 0 Å². The van der Waals surface area contributed by atoms with Crippen LogP contribution in [0.1, 0.15) is 0 Å². The van der Waals surface area contributed by atoms with Crippen LogP contribution in [0.5, 0.6) is 0 Å². The Hall–Kier alpha value is -7.77. The van der Waals surface area contributed by atoms with Gasteiger partial charge in [0, 0.05) is 33.0 Å². The molecule has 0 fully saturated rings. The number of furan rings is 1. The van der Waals surface area contributed by atoms with Crippen molar-refractivity contribution in [2.45, 2.75) is 0 Å². The van der Waals surface area contributed by atoms with Crippen molar-refractivity contribution in [3.05, 3.63) is 182 Å². The van der Waals surface area contributed by atoms with Gasteiger partial charge in [-0.1, -0.05) is 164 Å². The van der Waals surface area contributed by atoms with E-state index in [1.165, 1.54) is 0 Å². The Labute approximate surface area is 321 Å². The number of fused-ring (bicyclic) bond motifs is 7. The molecule has 7 heteroatoms. The number of aromatic nitrogens is 6. The van der Waals surface area contributed by atoms with Crippen LogP contribution in [0.4, 0.5) is 0 Å². The summed E-state index contributed by atoms with van der Waals surface area (Å²) in [7, 11) is 0. The third kappa shape index (κ3) is 5.25. The third-order valence-corrected chi connectivity index (χ3v) is 10.3. The van der Waals surface area contributed by atoms with Gasteiger partial charge in [0.15, 0.2) is 17.5 Å².